The van der Waals surface area contributed by atoms with Crippen LogP contribution in [0.25, 0.3) is 0 Å². The molecule has 1 atom stereocenters. The quantitative estimate of drug-likeness (QED) is 0.0881. The average molecular weight is 598 g/mol. The van der Waals surface area contributed by atoms with Gasteiger partial charge in [0, 0.05) is 10.9 Å². The van der Waals surface area contributed by atoms with E-state index in [4.69, 9.17) is 13.8 Å². The van der Waals surface area contributed by atoms with E-state index < -0.39 is 7.82 Å². The summed E-state index contributed by atoms with van der Waals surface area (Å²) in [6.45, 7) is 4.71. The van der Waals surface area contributed by atoms with Gasteiger partial charge in [0.1, 0.15) is 17.2 Å². The maximum Gasteiger partial charge on any atom is 0.584 e. The third kappa shape index (κ3) is 13.7. The van der Waals surface area contributed by atoms with Gasteiger partial charge in [0.25, 0.3) is 0 Å². The monoisotopic (exact) mass is 596 g/mol. The third-order valence-electron chi connectivity index (χ3n) is 6.48. The highest BCUT2D eigenvalue weighted by Crippen LogP contribution is 2.46. The Labute approximate surface area is 233 Å². The van der Waals surface area contributed by atoms with Crippen molar-refractivity contribution in [2.45, 2.75) is 109 Å². The lowest BCUT2D eigenvalue weighted by Crippen LogP contribution is -2.03. The van der Waals surface area contributed by atoms with Crippen molar-refractivity contribution in [2.75, 3.05) is 6.61 Å². The number of ether oxygens (including phenoxy) is 1. The van der Waals surface area contributed by atoms with E-state index >= 15 is 0 Å². The van der Waals surface area contributed by atoms with Gasteiger partial charge in [0.2, 0.25) is 0 Å². The normalized spacial score (nSPS) is 12.8. The van der Waals surface area contributed by atoms with Crippen LogP contribution in [0, 0.1) is 6.92 Å². The first-order valence-electron chi connectivity index (χ1n) is 14.0. The van der Waals surface area contributed by atoms with E-state index in [0.717, 1.165) is 18.4 Å². The fraction of sp³-hybridized carbons (Fsp3) is 0.600. The molecule has 2 aromatic rings. The molecule has 0 amide bonds. The molecule has 0 heterocycles. The number of alkyl halides is 1. The Hall–Kier alpha value is -1.49. The number of phosphoric ester groups is 1. The first kappa shape index (κ1) is 31.7. The van der Waals surface area contributed by atoms with E-state index in [2.05, 4.69) is 22.9 Å². The van der Waals surface area contributed by atoms with Crippen LogP contribution >= 0.6 is 23.8 Å². The van der Waals surface area contributed by atoms with Gasteiger partial charge in [-0.1, -0.05) is 125 Å². The molecule has 0 bridgehead atoms. The van der Waals surface area contributed by atoms with E-state index in [1.54, 1.807) is 30.3 Å². The molecular weight excluding hydrogens is 551 g/mol. The molecule has 0 aliphatic carbocycles. The summed E-state index contributed by atoms with van der Waals surface area (Å²) in [4.78, 5) is 10.3. The fourth-order valence-electron chi connectivity index (χ4n) is 4.29. The van der Waals surface area contributed by atoms with Crippen LogP contribution in [-0.2, 0) is 9.90 Å². The lowest BCUT2D eigenvalue weighted by Gasteiger charge is -2.17. The number of hydrogen-bond acceptors (Lipinski definition) is 4. The molecule has 0 aromatic heterocycles. The summed E-state index contributed by atoms with van der Waals surface area (Å²) in [6.07, 6.45) is 18.5. The number of rotatable bonds is 21. The van der Waals surface area contributed by atoms with Crippen LogP contribution < -0.4 is 13.8 Å². The molecule has 0 spiro atoms. The SMILES string of the molecule is CCCCCCCCCCCCCCCCOc1cccc(OP(=O)(O)Oc2cccc(CBr)c2)c1C. The van der Waals surface area contributed by atoms with E-state index in [9.17, 15) is 9.46 Å². The van der Waals surface area contributed by atoms with Crippen LogP contribution in [0.1, 0.15) is 108 Å². The van der Waals surface area contributed by atoms with Crippen LogP contribution in [0.15, 0.2) is 42.5 Å². The Morgan fingerprint density at radius 1 is 0.757 bits per heavy atom. The summed E-state index contributed by atoms with van der Waals surface area (Å²) in [5, 5.41) is 0.624. The topological polar surface area (TPSA) is 65.0 Å². The molecule has 0 aliphatic heterocycles. The lowest BCUT2D eigenvalue weighted by atomic mass is 10.0. The smallest absolute Gasteiger partial charge is 0.493 e. The van der Waals surface area contributed by atoms with E-state index in [1.165, 1.54) is 77.0 Å². The summed E-state index contributed by atoms with van der Waals surface area (Å²) in [6, 6.07) is 12.3. The van der Waals surface area contributed by atoms with Gasteiger partial charge in [0.15, 0.2) is 0 Å². The Kier molecular flexibility index (Phi) is 16.0. The summed E-state index contributed by atoms with van der Waals surface area (Å²) in [5.41, 5.74) is 1.62. The van der Waals surface area contributed by atoms with Gasteiger partial charge < -0.3 is 13.8 Å². The predicted molar refractivity (Wildman–Crippen MR) is 157 cm³/mol. The van der Waals surface area contributed by atoms with Crippen molar-refractivity contribution < 1.29 is 23.2 Å². The van der Waals surface area contributed by atoms with Crippen LogP contribution in [0.4, 0.5) is 0 Å². The largest absolute Gasteiger partial charge is 0.584 e. The second kappa shape index (κ2) is 18.7. The van der Waals surface area contributed by atoms with Gasteiger partial charge in [-0.3, -0.25) is 4.89 Å². The minimum Gasteiger partial charge on any atom is -0.493 e. The van der Waals surface area contributed by atoms with Crippen LogP contribution in [-0.4, -0.2) is 11.5 Å². The Bertz CT molecular complexity index is 936. The number of hydrogen-bond donors (Lipinski definition) is 1. The van der Waals surface area contributed by atoms with E-state index in [1.807, 2.05) is 19.1 Å². The molecule has 0 aliphatic rings. The predicted octanol–water partition coefficient (Wildman–Crippen LogP) is 10.3. The molecule has 2 rings (SSSR count). The van der Waals surface area contributed by atoms with Crippen molar-refractivity contribution in [2.24, 2.45) is 0 Å². The van der Waals surface area contributed by atoms with Crippen LogP contribution in [0.3, 0.4) is 0 Å². The number of unbranched alkanes of at least 4 members (excludes halogenated alkanes) is 13. The molecule has 1 unspecified atom stereocenters. The third-order valence-corrected chi connectivity index (χ3v) is 7.99. The standard InChI is InChI=1S/C30H46BrO5P/c1-3-4-5-6-7-8-9-10-11-12-13-14-15-16-23-34-29-21-18-22-30(26(29)2)36-37(32,33)35-28-20-17-19-27(24-28)25-31/h17-22,24H,3-16,23,25H2,1-2H3,(H,32,33). The summed E-state index contributed by atoms with van der Waals surface area (Å²) < 4.78 is 29.2. The summed E-state index contributed by atoms with van der Waals surface area (Å²) >= 11 is 3.37. The number of phosphoric acid groups is 1. The van der Waals surface area contributed by atoms with Crippen molar-refractivity contribution >= 4 is 23.8 Å². The van der Waals surface area contributed by atoms with E-state index in [-0.39, 0.29) is 11.5 Å². The second-order valence-electron chi connectivity index (χ2n) is 9.76. The van der Waals surface area contributed by atoms with Crippen LogP contribution in [0.2, 0.25) is 0 Å². The molecular formula is C30H46BrO5P. The highest BCUT2D eigenvalue weighted by molar-refractivity contribution is 9.08. The van der Waals surface area contributed by atoms with Gasteiger partial charge in [0.05, 0.1) is 6.61 Å². The Morgan fingerprint density at radius 2 is 1.30 bits per heavy atom. The van der Waals surface area contributed by atoms with Gasteiger partial charge in [-0.15, -0.1) is 0 Å². The maximum absolute atomic E-state index is 12.6. The minimum absolute atomic E-state index is 0.279. The maximum atomic E-state index is 12.6. The number of halogens is 1. The first-order valence-corrected chi connectivity index (χ1v) is 16.7. The zero-order valence-electron chi connectivity index (χ0n) is 22.8. The number of benzene rings is 2. The molecule has 0 saturated heterocycles. The van der Waals surface area contributed by atoms with Crippen molar-refractivity contribution in [1.29, 1.82) is 0 Å². The average Bonchev–Trinajstić information content (AvgIpc) is 2.88. The van der Waals surface area contributed by atoms with Crippen molar-refractivity contribution in [3.63, 3.8) is 0 Å². The highest BCUT2D eigenvalue weighted by Gasteiger charge is 2.26. The van der Waals surface area contributed by atoms with Crippen molar-refractivity contribution in [3.05, 3.63) is 53.6 Å². The fourth-order valence-corrected chi connectivity index (χ4v) is 5.50. The van der Waals surface area contributed by atoms with Crippen molar-refractivity contribution in [3.8, 4) is 17.2 Å². The molecule has 7 heteroatoms. The molecule has 0 fully saturated rings. The van der Waals surface area contributed by atoms with Gasteiger partial charge >= 0.3 is 7.82 Å². The lowest BCUT2D eigenvalue weighted by molar-refractivity contribution is 0.285. The first-order chi connectivity index (χ1) is 17.9. The molecule has 208 valence electrons. The molecule has 0 radical (unpaired) electrons. The molecule has 5 nitrogen and oxygen atoms in total. The highest BCUT2D eigenvalue weighted by atomic mass is 79.9. The Balaban J connectivity index is 1.61. The van der Waals surface area contributed by atoms with Gasteiger partial charge in [-0.2, -0.15) is 0 Å². The molecule has 2 aromatic carbocycles. The minimum atomic E-state index is -4.35. The zero-order valence-corrected chi connectivity index (χ0v) is 25.2. The molecule has 37 heavy (non-hydrogen) atoms. The Morgan fingerprint density at radius 3 is 1.89 bits per heavy atom. The zero-order chi connectivity index (χ0) is 26.8. The van der Waals surface area contributed by atoms with E-state index in [0.29, 0.717) is 23.2 Å². The van der Waals surface area contributed by atoms with Crippen LogP contribution in [0.5, 0.6) is 17.2 Å². The van der Waals surface area contributed by atoms with Gasteiger partial charge in [-0.05, 0) is 43.2 Å². The van der Waals surface area contributed by atoms with Crippen molar-refractivity contribution in [1.82, 2.24) is 0 Å². The second-order valence-corrected chi connectivity index (χ2v) is 11.6. The molecule has 1 N–H and O–H groups in total. The molecule has 0 saturated carbocycles. The van der Waals surface area contributed by atoms with Gasteiger partial charge in [-0.25, -0.2) is 4.57 Å². The summed E-state index contributed by atoms with van der Waals surface area (Å²) in [5.74, 6) is 1.22. The summed E-state index contributed by atoms with van der Waals surface area (Å²) in [7, 11) is -4.35.